The molecule has 2 heterocycles. The Kier molecular flexibility index (Phi) is 4.44. The third kappa shape index (κ3) is 3.49. The molecule has 3 rings (SSSR count). The van der Waals surface area contributed by atoms with Crippen LogP contribution in [0.15, 0.2) is 49.2 Å². The molecule has 0 aliphatic carbocycles. The molecule has 0 fully saturated rings. The summed E-state index contributed by atoms with van der Waals surface area (Å²) in [6, 6.07) is 6.79. The van der Waals surface area contributed by atoms with Gasteiger partial charge in [0.15, 0.2) is 0 Å². The summed E-state index contributed by atoms with van der Waals surface area (Å²) in [6.07, 6.45) is 7.30. The van der Waals surface area contributed by atoms with E-state index in [1.54, 1.807) is 18.5 Å². The van der Waals surface area contributed by atoms with E-state index in [0.29, 0.717) is 12.5 Å². The number of benzene rings is 1. The van der Waals surface area contributed by atoms with Crippen LogP contribution in [0.5, 0.6) is 0 Å². The summed E-state index contributed by atoms with van der Waals surface area (Å²) in [5.74, 6) is 0.241. The highest BCUT2D eigenvalue weighted by molar-refractivity contribution is 5.81. The number of halogens is 1. The van der Waals surface area contributed by atoms with Crippen molar-refractivity contribution in [2.45, 2.75) is 20.0 Å². The maximum absolute atomic E-state index is 13.7. The fraction of sp³-hybridized carbons (Fsp3) is 0.294. The number of fused-ring (bicyclic) bond motifs is 1. The Morgan fingerprint density at radius 2 is 2.23 bits per heavy atom. The third-order valence-electron chi connectivity index (χ3n) is 3.64. The topological polar surface area (TPSA) is 42.7 Å². The monoisotopic (exact) mass is 298 g/mol. The fourth-order valence-corrected chi connectivity index (χ4v) is 2.63. The van der Waals surface area contributed by atoms with Gasteiger partial charge in [0.2, 0.25) is 0 Å². The zero-order chi connectivity index (χ0) is 15.4. The highest BCUT2D eigenvalue weighted by atomic mass is 19.1. The molecule has 0 unspecified atom stereocenters. The highest BCUT2D eigenvalue weighted by Gasteiger charge is 2.07. The van der Waals surface area contributed by atoms with Gasteiger partial charge in [-0.2, -0.15) is 0 Å². The molecule has 114 valence electrons. The smallest absolute Gasteiger partial charge is 0.124 e. The lowest BCUT2D eigenvalue weighted by Crippen LogP contribution is -2.23. The molecular formula is C17H19FN4. The number of pyridine rings is 1. The Labute approximate surface area is 129 Å². The Morgan fingerprint density at radius 3 is 3.05 bits per heavy atom. The molecule has 2 aromatic heterocycles. The van der Waals surface area contributed by atoms with E-state index in [2.05, 4.69) is 26.8 Å². The summed E-state index contributed by atoms with van der Waals surface area (Å²) in [6.45, 7) is 4.55. The second-order valence-electron chi connectivity index (χ2n) is 5.64. The maximum atomic E-state index is 13.7. The predicted octanol–water partition coefficient (Wildman–Crippen LogP) is 3.00. The molecule has 0 saturated carbocycles. The van der Waals surface area contributed by atoms with E-state index in [1.807, 2.05) is 24.7 Å². The minimum atomic E-state index is -0.219. The van der Waals surface area contributed by atoms with Gasteiger partial charge in [-0.25, -0.2) is 9.37 Å². The summed E-state index contributed by atoms with van der Waals surface area (Å²) in [7, 11) is 0. The third-order valence-corrected chi connectivity index (χ3v) is 3.64. The summed E-state index contributed by atoms with van der Waals surface area (Å²) < 4.78 is 15.7. The van der Waals surface area contributed by atoms with Gasteiger partial charge in [-0.1, -0.05) is 13.0 Å². The highest BCUT2D eigenvalue weighted by Crippen LogP contribution is 2.18. The number of nitrogens with zero attached hydrogens (tertiary/aromatic N) is 3. The molecule has 5 heteroatoms. The first kappa shape index (κ1) is 14.7. The maximum Gasteiger partial charge on any atom is 0.124 e. The van der Waals surface area contributed by atoms with Crippen LogP contribution in [-0.4, -0.2) is 21.1 Å². The van der Waals surface area contributed by atoms with Gasteiger partial charge < -0.3 is 9.88 Å². The molecule has 0 saturated heterocycles. The summed E-state index contributed by atoms with van der Waals surface area (Å²) in [5.41, 5.74) is 1.75. The molecule has 3 aromatic rings. The molecular weight excluding hydrogens is 279 g/mol. The molecule has 1 aromatic carbocycles. The molecule has 4 nitrogen and oxygen atoms in total. The van der Waals surface area contributed by atoms with Gasteiger partial charge in [0, 0.05) is 37.1 Å². The van der Waals surface area contributed by atoms with Crippen LogP contribution >= 0.6 is 0 Å². The van der Waals surface area contributed by atoms with E-state index in [4.69, 9.17) is 0 Å². The molecule has 22 heavy (non-hydrogen) atoms. The van der Waals surface area contributed by atoms with Gasteiger partial charge >= 0.3 is 0 Å². The van der Waals surface area contributed by atoms with Gasteiger partial charge in [-0.05, 0) is 36.2 Å². The SMILES string of the molecule is C[C@H](CNCc1cc(F)cc2cccnc12)Cn1ccnc1. The fourth-order valence-electron chi connectivity index (χ4n) is 2.63. The van der Waals surface area contributed by atoms with Crippen LogP contribution in [0, 0.1) is 11.7 Å². The molecule has 0 bridgehead atoms. The first-order valence-electron chi connectivity index (χ1n) is 7.42. The lowest BCUT2D eigenvalue weighted by atomic mass is 10.1. The Balaban J connectivity index is 1.62. The van der Waals surface area contributed by atoms with Crippen LogP contribution in [0.4, 0.5) is 4.39 Å². The van der Waals surface area contributed by atoms with Crippen molar-refractivity contribution in [2.75, 3.05) is 6.54 Å². The van der Waals surface area contributed by atoms with Gasteiger partial charge in [-0.3, -0.25) is 4.98 Å². The molecule has 1 atom stereocenters. The van der Waals surface area contributed by atoms with E-state index in [1.165, 1.54) is 6.07 Å². The van der Waals surface area contributed by atoms with Gasteiger partial charge in [0.1, 0.15) is 5.82 Å². The number of nitrogens with one attached hydrogen (secondary N) is 1. The van der Waals surface area contributed by atoms with Crippen molar-refractivity contribution in [2.24, 2.45) is 5.92 Å². The average Bonchev–Trinajstić information content (AvgIpc) is 3.00. The van der Waals surface area contributed by atoms with Gasteiger partial charge in [0.05, 0.1) is 11.8 Å². The van der Waals surface area contributed by atoms with E-state index in [0.717, 1.165) is 29.6 Å². The normalized spacial score (nSPS) is 12.6. The second-order valence-corrected chi connectivity index (χ2v) is 5.64. The number of imidazole rings is 1. The van der Waals surface area contributed by atoms with Crippen molar-refractivity contribution >= 4 is 10.9 Å². The Bertz CT molecular complexity index is 740. The number of rotatable bonds is 6. The Hall–Kier alpha value is -2.27. The van der Waals surface area contributed by atoms with Gasteiger partial charge in [-0.15, -0.1) is 0 Å². The van der Waals surface area contributed by atoms with Gasteiger partial charge in [0.25, 0.3) is 0 Å². The van der Waals surface area contributed by atoms with Crippen LogP contribution in [0.25, 0.3) is 10.9 Å². The van der Waals surface area contributed by atoms with Crippen molar-refractivity contribution in [3.8, 4) is 0 Å². The molecule has 1 N–H and O–H groups in total. The van der Waals surface area contributed by atoms with Crippen LogP contribution in [0.2, 0.25) is 0 Å². The number of hydrogen-bond donors (Lipinski definition) is 1. The summed E-state index contributed by atoms with van der Waals surface area (Å²) >= 11 is 0. The second kappa shape index (κ2) is 6.66. The molecule has 0 aliphatic rings. The minimum absolute atomic E-state index is 0.219. The van der Waals surface area contributed by atoms with E-state index in [9.17, 15) is 4.39 Å². The predicted molar refractivity (Wildman–Crippen MR) is 84.8 cm³/mol. The van der Waals surface area contributed by atoms with Crippen molar-refractivity contribution < 1.29 is 4.39 Å². The first-order chi connectivity index (χ1) is 10.7. The number of hydrogen-bond acceptors (Lipinski definition) is 3. The van der Waals surface area contributed by atoms with Crippen molar-refractivity contribution in [3.05, 3.63) is 60.6 Å². The summed E-state index contributed by atoms with van der Waals surface area (Å²) in [5, 5.41) is 4.23. The average molecular weight is 298 g/mol. The summed E-state index contributed by atoms with van der Waals surface area (Å²) in [4.78, 5) is 8.40. The Morgan fingerprint density at radius 1 is 1.32 bits per heavy atom. The van der Waals surface area contributed by atoms with Crippen LogP contribution in [0.1, 0.15) is 12.5 Å². The first-order valence-corrected chi connectivity index (χ1v) is 7.42. The zero-order valence-electron chi connectivity index (χ0n) is 12.5. The molecule has 0 aliphatic heterocycles. The van der Waals surface area contributed by atoms with Crippen LogP contribution in [0.3, 0.4) is 0 Å². The van der Waals surface area contributed by atoms with Crippen molar-refractivity contribution in [1.29, 1.82) is 0 Å². The lowest BCUT2D eigenvalue weighted by Gasteiger charge is -2.14. The van der Waals surface area contributed by atoms with E-state index < -0.39 is 0 Å². The lowest BCUT2D eigenvalue weighted by molar-refractivity contribution is 0.445. The van der Waals surface area contributed by atoms with Crippen molar-refractivity contribution in [3.63, 3.8) is 0 Å². The molecule has 0 spiro atoms. The van der Waals surface area contributed by atoms with Crippen LogP contribution in [-0.2, 0) is 13.1 Å². The van der Waals surface area contributed by atoms with E-state index in [-0.39, 0.29) is 5.82 Å². The molecule has 0 amide bonds. The number of aromatic nitrogens is 3. The molecule has 0 radical (unpaired) electrons. The largest absolute Gasteiger partial charge is 0.337 e. The van der Waals surface area contributed by atoms with E-state index >= 15 is 0 Å². The van der Waals surface area contributed by atoms with Crippen LogP contribution < -0.4 is 5.32 Å². The van der Waals surface area contributed by atoms with Crippen molar-refractivity contribution in [1.82, 2.24) is 19.9 Å². The quantitative estimate of drug-likeness (QED) is 0.761. The zero-order valence-corrected chi connectivity index (χ0v) is 12.5. The standard InChI is InChI=1S/C17H19FN4/c1-13(11-22-6-5-19-12-22)9-20-10-15-8-16(18)7-14-3-2-4-21-17(14)15/h2-8,12-13,20H,9-11H2,1H3/t13-/m1/s1. The minimum Gasteiger partial charge on any atom is -0.337 e.